The molecule has 0 radical (unpaired) electrons. The first-order valence-corrected chi connectivity index (χ1v) is 9.32. The van der Waals surface area contributed by atoms with E-state index >= 15 is 0 Å². The third-order valence-electron chi connectivity index (χ3n) is 3.87. The van der Waals surface area contributed by atoms with Gasteiger partial charge in [0.15, 0.2) is 0 Å². The maximum atomic E-state index is 3.77. The van der Waals surface area contributed by atoms with Crippen LogP contribution in [0.15, 0.2) is 40.2 Å². The number of hydrogen-bond acceptors (Lipinski definition) is 2. The quantitative estimate of drug-likeness (QED) is 0.629. The second kappa shape index (κ2) is 8.11. The predicted octanol–water partition coefficient (Wildman–Crippen LogP) is 6.05. The molecule has 0 amide bonds. The molecule has 2 unspecified atom stereocenters. The van der Waals surface area contributed by atoms with E-state index in [4.69, 9.17) is 0 Å². The fraction of sp³-hybridized carbons (Fsp3) is 0.444. The molecule has 0 aliphatic heterocycles. The van der Waals surface area contributed by atoms with Gasteiger partial charge >= 0.3 is 0 Å². The lowest BCUT2D eigenvalue weighted by atomic mass is 9.88. The molecule has 1 aromatic heterocycles. The van der Waals surface area contributed by atoms with Crippen molar-refractivity contribution in [1.29, 1.82) is 0 Å². The molecule has 0 bridgehead atoms. The summed E-state index contributed by atoms with van der Waals surface area (Å²) in [7, 11) is 0. The Balaban J connectivity index is 2.33. The van der Waals surface area contributed by atoms with Crippen LogP contribution in [0.2, 0.25) is 0 Å². The molecule has 1 heterocycles. The first kappa shape index (κ1) is 16.7. The van der Waals surface area contributed by atoms with Crippen LogP contribution in [0.4, 0.5) is 0 Å². The summed E-state index contributed by atoms with van der Waals surface area (Å²) in [5.74, 6) is 0.516. The van der Waals surface area contributed by atoms with Gasteiger partial charge in [0.2, 0.25) is 0 Å². The lowest BCUT2D eigenvalue weighted by Gasteiger charge is -2.27. The Bertz CT molecular complexity index is 530. The monoisotopic (exact) mass is 365 g/mol. The first-order valence-electron chi connectivity index (χ1n) is 7.71. The molecule has 1 aromatic carbocycles. The van der Waals surface area contributed by atoms with Crippen molar-refractivity contribution in [1.82, 2.24) is 5.32 Å². The highest BCUT2D eigenvalue weighted by Gasteiger charge is 2.24. The van der Waals surface area contributed by atoms with Gasteiger partial charge in [-0.15, -0.1) is 11.3 Å². The molecule has 0 saturated heterocycles. The van der Waals surface area contributed by atoms with Crippen LogP contribution in [-0.2, 0) is 0 Å². The van der Waals surface area contributed by atoms with Crippen molar-refractivity contribution in [2.75, 3.05) is 6.54 Å². The maximum absolute atomic E-state index is 3.77. The lowest BCUT2D eigenvalue weighted by Crippen LogP contribution is -2.27. The average Bonchev–Trinajstić information content (AvgIpc) is 2.83. The second-order valence-corrected chi connectivity index (χ2v) is 7.86. The largest absolute Gasteiger partial charge is 0.309 e. The van der Waals surface area contributed by atoms with Crippen LogP contribution in [0.25, 0.3) is 0 Å². The fourth-order valence-corrected chi connectivity index (χ4v) is 4.45. The predicted molar refractivity (Wildman–Crippen MR) is 97.3 cm³/mol. The van der Waals surface area contributed by atoms with Crippen molar-refractivity contribution in [3.63, 3.8) is 0 Å². The number of halogens is 1. The van der Waals surface area contributed by atoms with Crippen LogP contribution >= 0.6 is 27.3 Å². The zero-order chi connectivity index (χ0) is 15.2. The highest BCUT2D eigenvalue weighted by molar-refractivity contribution is 9.11. The highest BCUT2D eigenvalue weighted by Crippen LogP contribution is 2.39. The third kappa shape index (κ3) is 4.18. The summed E-state index contributed by atoms with van der Waals surface area (Å²) in [5.41, 5.74) is 2.76. The van der Waals surface area contributed by atoms with Crippen LogP contribution in [0.5, 0.6) is 0 Å². The standard InChI is InChI=1S/C18H24BrNS/c1-4-11-20-17(16-12-13(3)18(19)21-16)15(5-2)14-9-7-6-8-10-14/h6-10,12,15,17,20H,4-5,11H2,1-3H3. The summed E-state index contributed by atoms with van der Waals surface area (Å²) in [4.78, 5) is 1.43. The van der Waals surface area contributed by atoms with E-state index in [1.165, 1.54) is 19.8 Å². The molecule has 1 nitrogen and oxygen atoms in total. The lowest BCUT2D eigenvalue weighted by molar-refractivity contribution is 0.441. The van der Waals surface area contributed by atoms with Gasteiger partial charge in [-0.2, -0.15) is 0 Å². The molecule has 0 aliphatic rings. The minimum absolute atomic E-state index is 0.396. The van der Waals surface area contributed by atoms with E-state index in [9.17, 15) is 0 Å². The van der Waals surface area contributed by atoms with E-state index in [0.29, 0.717) is 12.0 Å². The molecule has 0 saturated carbocycles. The third-order valence-corrected chi connectivity index (χ3v) is 6.09. The van der Waals surface area contributed by atoms with Gasteiger partial charge in [-0.25, -0.2) is 0 Å². The van der Waals surface area contributed by atoms with Crippen LogP contribution in [-0.4, -0.2) is 6.54 Å². The van der Waals surface area contributed by atoms with Crippen LogP contribution in [0.3, 0.4) is 0 Å². The molecule has 21 heavy (non-hydrogen) atoms. The molecule has 0 aliphatic carbocycles. The van der Waals surface area contributed by atoms with E-state index in [1.807, 2.05) is 11.3 Å². The summed E-state index contributed by atoms with van der Waals surface area (Å²) in [6.07, 6.45) is 2.30. The van der Waals surface area contributed by atoms with Gasteiger partial charge in [-0.05, 0) is 59.4 Å². The molecule has 2 atom stereocenters. The Morgan fingerprint density at radius 1 is 1.19 bits per heavy atom. The van der Waals surface area contributed by atoms with Crippen molar-refractivity contribution in [3.8, 4) is 0 Å². The normalized spacial score (nSPS) is 14.1. The molecule has 3 heteroatoms. The minimum Gasteiger partial charge on any atom is -0.309 e. The summed E-state index contributed by atoms with van der Waals surface area (Å²) < 4.78 is 1.25. The Hall–Kier alpha value is -0.640. The van der Waals surface area contributed by atoms with Gasteiger partial charge < -0.3 is 5.32 Å². The first-order chi connectivity index (χ1) is 10.2. The van der Waals surface area contributed by atoms with Gasteiger partial charge in [0.25, 0.3) is 0 Å². The molecule has 0 fully saturated rings. The number of nitrogens with one attached hydrogen (secondary N) is 1. The smallest absolute Gasteiger partial charge is 0.0731 e. The van der Waals surface area contributed by atoms with E-state index in [0.717, 1.165) is 19.4 Å². The number of hydrogen-bond donors (Lipinski definition) is 1. The number of thiophene rings is 1. The van der Waals surface area contributed by atoms with E-state index in [-0.39, 0.29) is 0 Å². The van der Waals surface area contributed by atoms with Crippen LogP contribution < -0.4 is 5.32 Å². The van der Waals surface area contributed by atoms with Crippen molar-refractivity contribution < 1.29 is 0 Å². The van der Waals surface area contributed by atoms with Crippen molar-refractivity contribution in [2.24, 2.45) is 0 Å². The number of aryl methyl sites for hydroxylation is 1. The van der Waals surface area contributed by atoms with E-state index in [1.54, 1.807) is 0 Å². The van der Waals surface area contributed by atoms with Gasteiger partial charge in [0.05, 0.1) is 3.79 Å². The minimum atomic E-state index is 0.396. The van der Waals surface area contributed by atoms with Gasteiger partial charge in [-0.1, -0.05) is 44.2 Å². The van der Waals surface area contributed by atoms with Crippen LogP contribution in [0, 0.1) is 6.92 Å². The van der Waals surface area contributed by atoms with Gasteiger partial charge in [0.1, 0.15) is 0 Å². The van der Waals surface area contributed by atoms with Crippen molar-refractivity contribution >= 4 is 27.3 Å². The summed E-state index contributed by atoms with van der Waals surface area (Å²) in [5, 5.41) is 3.77. The molecular weight excluding hydrogens is 342 g/mol. The number of benzene rings is 1. The Labute approximate surface area is 140 Å². The number of rotatable bonds is 7. The molecular formula is C18H24BrNS. The maximum Gasteiger partial charge on any atom is 0.0731 e. The molecule has 2 rings (SSSR count). The Morgan fingerprint density at radius 3 is 2.43 bits per heavy atom. The van der Waals surface area contributed by atoms with Crippen LogP contribution in [0.1, 0.15) is 54.7 Å². The van der Waals surface area contributed by atoms with Gasteiger partial charge in [-0.3, -0.25) is 0 Å². The molecule has 1 N–H and O–H groups in total. The van der Waals surface area contributed by atoms with E-state index in [2.05, 4.69) is 78.4 Å². The summed E-state index contributed by atoms with van der Waals surface area (Å²) >= 11 is 5.54. The zero-order valence-electron chi connectivity index (χ0n) is 13.0. The van der Waals surface area contributed by atoms with Crippen molar-refractivity contribution in [3.05, 3.63) is 56.2 Å². The highest BCUT2D eigenvalue weighted by atomic mass is 79.9. The zero-order valence-corrected chi connectivity index (χ0v) is 15.4. The molecule has 114 valence electrons. The molecule has 2 aromatic rings. The second-order valence-electron chi connectivity index (χ2n) is 5.46. The summed E-state index contributed by atoms with van der Waals surface area (Å²) in [6, 6.07) is 13.6. The summed E-state index contributed by atoms with van der Waals surface area (Å²) in [6.45, 7) is 7.74. The average molecular weight is 366 g/mol. The topological polar surface area (TPSA) is 12.0 Å². The SMILES string of the molecule is CCCNC(c1cc(C)c(Br)s1)C(CC)c1ccccc1. The Morgan fingerprint density at radius 2 is 1.90 bits per heavy atom. The Kier molecular flexibility index (Phi) is 6.46. The fourth-order valence-electron chi connectivity index (χ4n) is 2.74. The van der Waals surface area contributed by atoms with E-state index < -0.39 is 0 Å². The molecule has 0 spiro atoms. The van der Waals surface area contributed by atoms with Gasteiger partial charge in [0, 0.05) is 16.8 Å². The van der Waals surface area contributed by atoms with Crippen molar-refractivity contribution in [2.45, 2.75) is 45.6 Å².